The van der Waals surface area contributed by atoms with Crippen LogP contribution in [-0.2, 0) is 13.0 Å². The maximum Gasteiger partial charge on any atom is 0.270 e. The van der Waals surface area contributed by atoms with Gasteiger partial charge in [0.2, 0.25) is 0 Å². The number of hydrogen-bond donors (Lipinski definition) is 3. The molecule has 1 unspecified atom stereocenters. The molecule has 0 aliphatic rings. The van der Waals surface area contributed by atoms with E-state index in [0.29, 0.717) is 18.8 Å². The highest BCUT2D eigenvalue weighted by molar-refractivity contribution is 7.09. The van der Waals surface area contributed by atoms with Crippen LogP contribution in [0.4, 0.5) is 0 Å². The van der Waals surface area contributed by atoms with Gasteiger partial charge in [-0.3, -0.25) is 4.79 Å². The summed E-state index contributed by atoms with van der Waals surface area (Å²) in [7, 11) is 0. The van der Waals surface area contributed by atoms with Crippen molar-refractivity contribution in [1.29, 1.82) is 0 Å². The number of aliphatic hydroxyl groups excluding tert-OH is 1. The Morgan fingerprint density at radius 2 is 2.13 bits per heavy atom. The van der Waals surface area contributed by atoms with Gasteiger partial charge < -0.3 is 15.7 Å². The van der Waals surface area contributed by atoms with Crippen LogP contribution in [0.3, 0.4) is 0 Å². The average molecular weight is 333 g/mol. The molecule has 0 bridgehead atoms. The summed E-state index contributed by atoms with van der Waals surface area (Å²) in [5.74, 6) is -0.246. The van der Waals surface area contributed by atoms with Gasteiger partial charge in [-0.2, -0.15) is 0 Å². The van der Waals surface area contributed by atoms with Crippen LogP contribution in [0.15, 0.2) is 29.6 Å². The number of aryl methyl sites for hydroxylation is 2. The van der Waals surface area contributed by atoms with Crippen LogP contribution in [0.1, 0.15) is 33.5 Å². The van der Waals surface area contributed by atoms with E-state index >= 15 is 0 Å². The number of thiazole rings is 1. The molecular formula is C17H23N3O2S. The SMILES string of the molecule is CCc1cccc(CNCC(O)CNC(=O)c2csc(C)n2)c1. The second kappa shape index (κ2) is 8.76. The average Bonchev–Trinajstić information content (AvgIpc) is 2.99. The number of carbonyl (C=O) groups is 1. The molecule has 0 fully saturated rings. The Kier molecular flexibility index (Phi) is 6.70. The van der Waals surface area contributed by atoms with E-state index in [4.69, 9.17) is 0 Å². The first-order chi connectivity index (χ1) is 11.1. The Morgan fingerprint density at radius 3 is 2.83 bits per heavy atom. The van der Waals surface area contributed by atoms with Crippen LogP contribution >= 0.6 is 11.3 Å². The van der Waals surface area contributed by atoms with Crippen molar-refractivity contribution in [3.8, 4) is 0 Å². The lowest BCUT2D eigenvalue weighted by molar-refractivity contribution is 0.0911. The normalized spacial score (nSPS) is 12.1. The first-order valence-electron chi connectivity index (χ1n) is 7.75. The molecular weight excluding hydrogens is 310 g/mol. The summed E-state index contributed by atoms with van der Waals surface area (Å²) in [5.41, 5.74) is 2.90. The quantitative estimate of drug-likeness (QED) is 0.690. The molecule has 0 spiro atoms. The number of nitrogens with one attached hydrogen (secondary N) is 2. The van der Waals surface area contributed by atoms with Gasteiger partial charge >= 0.3 is 0 Å². The summed E-state index contributed by atoms with van der Waals surface area (Å²) in [6.07, 6.45) is 0.381. The minimum absolute atomic E-state index is 0.206. The largest absolute Gasteiger partial charge is 0.390 e. The Balaban J connectivity index is 1.68. The third-order valence-electron chi connectivity index (χ3n) is 3.46. The van der Waals surface area contributed by atoms with Crippen LogP contribution in [0.25, 0.3) is 0 Å². The Labute approximate surface area is 140 Å². The van der Waals surface area contributed by atoms with E-state index in [0.717, 1.165) is 11.4 Å². The Morgan fingerprint density at radius 1 is 1.35 bits per heavy atom. The monoisotopic (exact) mass is 333 g/mol. The number of nitrogens with zero attached hydrogens (tertiary/aromatic N) is 1. The molecule has 1 aromatic heterocycles. The van der Waals surface area contributed by atoms with Crippen molar-refractivity contribution in [2.24, 2.45) is 0 Å². The lowest BCUT2D eigenvalue weighted by Gasteiger charge is -2.13. The van der Waals surface area contributed by atoms with Crippen molar-refractivity contribution >= 4 is 17.2 Å². The Bertz CT molecular complexity index is 642. The van der Waals surface area contributed by atoms with Gasteiger partial charge in [0.25, 0.3) is 5.91 Å². The third-order valence-corrected chi connectivity index (χ3v) is 4.23. The fourth-order valence-electron chi connectivity index (χ4n) is 2.18. The molecule has 2 rings (SSSR count). The summed E-state index contributed by atoms with van der Waals surface area (Å²) in [6.45, 7) is 5.31. The van der Waals surface area contributed by atoms with Gasteiger partial charge in [-0.25, -0.2) is 4.98 Å². The van der Waals surface area contributed by atoms with Crippen molar-refractivity contribution in [1.82, 2.24) is 15.6 Å². The van der Waals surface area contributed by atoms with Crippen molar-refractivity contribution in [2.75, 3.05) is 13.1 Å². The smallest absolute Gasteiger partial charge is 0.270 e. The molecule has 0 saturated heterocycles. The van der Waals surface area contributed by atoms with Gasteiger partial charge in [-0.05, 0) is 24.5 Å². The molecule has 1 atom stereocenters. The molecule has 0 aliphatic carbocycles. The van der Waals surface area contributed by atoms with E-state index < -0.39 is 6.10 Å². The number of hydrogen-bond acceptors (Lipinski definition) is 5. The van der Waals surface area contributed by atoms with Crippen LogP contribution in [0.5, 0.6) is 0 Å². The highest BCUT2D eigenvalue weighted by Crippen LogP contribution is 2.07. The molecule has 124 valence electrons. The molecule has 1 heterocycles. The molecule has 2 aromatic rings. The van der Waals surface area contributed by atoms with Crippen LogP contribution < -0.4 is 10.6 Å². The number of amides is 1. The van der Waals surface area contributed by atoms with Gasteiger partial charge in [-0.15, -0.1) is 11.3 Å². The first kappa shape index (κ1) is 17.6. The number of rotatable bonds is 8. The number of benzene rings is 1. The molecule has 0 aliphatic heterocycles. The fraction of sp³-hybridized carbons (Fsp3) is 0.412. The lowest BCUT2D eigenvalue weighted by atomic mass is 10.1. The zero-order chi connectivity index (χ0) is 16.7. The number of aromatic nitrogens is 1. The Hall–Kier alpha value is -1.76. The second-order valence-electron chi connectivity index (χ2n) is 5.42. The highest BCUT2D eigenvalue weighted by Gasteiger charge is 2.11. The molecule has 3 N–H and O–H groups in total. The summed E-state index contributed by atoms with van der Waals surface area (Å²) < 4.78 is 0. The predicted molar refractivity (Wildman–Crippen MR) is 92.7 cm³/mol. The molecule has 1 aromatic carbocycles. The minimum atomic E-state index is -0.631. The molecule has 0 saturated carbocycles. The summed E-state index contributed by atoms with van der Waals surface area (Å²) in [6, 6.07) is 8.37. The van der Waals surface area contributed by atoms with Gasteiger partial charge in [-0.1, -0.05) is 31.2 Å². The van der Waals surface area contributed by atoms with Gasteiger partial charge in [0, 0.05) is 25.0 Å². The summed E-state index contributed by atoms with van der Waals surface area (Å²) >= 11 is 1.43. The summed E-state index contributed by atoms with van der Waals surface area (Å²) in [4.78, 5) is 15.9. The maximum absolute atomic E-state index is 11.8. The second-order valence-corrected chi connectivity index (χ2v) is 6.48. The molecule has 23 heavy (non-hydrogen) atoms. The zero-order valence-corrected chi connectivity index (χ0v) is 14.3. The maximum atomic E-state index is 11.8. The van der Waals surface area contributed by atoms with Gasteiger partial charge in [0.1, 0.15) is 5.69 Å². The predicted octanol–water partition coefficient (Wildman–Crippen LogP) is 1.89. The van der Waals surface area contributed by atoms with Crippen LogP contribution in [-0.4, -0.2) is 35.2 Å². The van der Waals surface area contributed by atoms with E-state index in [1.54, 1.807) is 5.38 Å². The molecule has 5 nitrogen and oxygen atoms in total. The third kappa shape index (κ3) is 5.74. The summed E-state index contributed by atoms with van der Waals surface area (Å²) in [5, 5.41) is 18.4. The van der Waals surface area contributed by atoms with E-state index in [1.165, 1.54) is 22.5 Å². The van der Waals surface area contributed by atoms with Crippen molar-refractivity contribution < 1.29 is 9.90 Å². The molecule has 6 heteroatoms. The lowest BCUT2D eigenvalue weighted by Crippen LogP contribution is -2.38. The molecule has 0 radical (unpaired) electrons. The zero-order valence-electron chi connectivity index (χ0n) is 13.5. The fourth-order valence-corrected chi connectivity index (χ4v) is 2.78. The van der Waals surface area contributed by atoms with Crippen molar-refractivity contribution in [3.05, 3.63) is 51.5 Å². The van der Waals surface area contributed by atoms with Crippen LogP contribution in [0.2, 0.25) is 0 Å². The van der Waals surface area contributed by atoms with Crippen LogP contribution in [0, 0.1) is 6.92 Å². The van der Waals surface area contributed by atoms with Crippen molar-refractivity contribution in [2.45, 2.75) is 32.9 Å². The van der Waals surface area contributed by atoms with E-state index in [1.807, 2.05) is 13.0 Å². The van der Waals surface area contributed by atoms with Crippen molar-refractivity contribution in [3.63, 3.8) is 0 Å². The van der Waals surface area contributed by atoms with E-state index in [2.05, 4.69) is 40.7 Å². The number of carbonyl (C=O) groups excluding carboxylic acids is 1. The van der Waals surface area contributed by atoms with E-state index in [-0.39, 0.29) is 12.5 Å². The molecule has 1 amide bonds. The standard InChI is InChI=1S/C17H23N3O2S/c1-3-13-5-4-6-14(7-13)8-18-9-15(21)10-19-17(22)16-11-23-12(2)20-16/h4-7,11,15,18,21H,3,8-10H2,1-2H3,(H,19,22). The first-order valence-corrected chi connectivity index (χ1v) is 8.63. The van der Waals surface area contributed by atoms with E-state index in [9.17, 15) is 9.90 Å². The minimum Gasteiger partial charge on any atom is -0.390 e. The topological polar surface area (TPSA) is 74.2 Å². The number of aliphatic hydroxyl groups is 1. The highest BCUT2D eigenvalue weighted by atomic mass is 32.1. The van der Waals surface area contributed by atoms with Gasteiger partial charge in [0.15, 0.2) is 0 Å². The van der Waals surface area contributed by atoms with Gasteiger partial charge in [0.05, 0.1) is 11.1 Å².